The molecule has 64 valence electrons. The van der Waals surface area contributed by atoms with Crippen LogP contribution in [0, 0.1) is 5.53 Å². The van der Waals surface area contributed by atoms with Gasteiger partial charge >= 0.3 is 5.97 Å². The summed E-state index contributed by atoms with van der Waals surface area (Å²) in [6.07, 6.45) is 1.41. The zero-order chi connectivity index (χ0) is 9.11. The van der Waals surface area contributed by atoms with Gasteiger partial charge in [0.25, 0.3) is 0 Å². The number of hydrogen-bond acceptors (Lipinski definition) is 5. The van der Waals surface area contributed by atoms with E-state index in [2.05, 4.69) is 20.8 Å². The van der Waals surface area contributed by atoms with Crippen molar-refractivity contribution < 1.29 is 9.53 Å². The average Bonchev–Trinajstić information content (AvgIpc) is 2.06. The summed E-state index contributed by atoms with van der Waals surface area (Å²) in [4.78, 5) is 9.96. The summed E-state index contributed by atoms with van der Waals surface area (Å²) in [6, 6.07) is 0. The summed E-state index contributed by atoms with van der Waals surface area (Å²) < 4.78 is 4.26. The minimum Gasteiger partial charge on any atom is -0.469 e. The first-order chi connectivity index (χ1) is 5.22. The standard InChI is InChI=1S/C4H8O2.CH4N4/c1-3-4(5)6-2;2-4-1-5-3/h3H2,1-2H3;1-2H,3H2. The van der Waals surface area contributed by atoms with Gasteiger partial charge in [0.05, 0.1) is 7.11 Å². The first kappa shape index (κ1) is 12.2. The van der Waals surface area contributed by atoms with Gasteiger partial charge in [0, 0.05) is 6.42 Å². The molecule has 0 saturated heterocycles. The molecule has 0 amide bonds. The molecule has 0 aliphatic heterocycles. The molecule has 3 N–H and O–H groups in total. The van der Waals surface area contributed by atoms with Crippen molar-refractivity contribution in [2.24, 2.45) is 16.1 Å². The van der Waals surface area contributed by atoms with Gasteiger partial charge < -0.3 is 10.6 Å². The smallest absolute Gasteiger partial charge is 0.305 e. The molecule has 0 aromatic rings. The minimum absolute atomic E-state index is 0.157. The first-order valence-electron chi connectivity index (χ1n) is 2.88. The van der Waals surface area contributed by atoms with Crippen molar-refractivity contribution in [2.75, 3.05) is 7.11 Å². The lowest BCUT2D eigenvalue weighted by Gasteiger charge is -1.87. The van der Waals surface area contributed by atoms with Gasteiger partial charge in [0.15, 0.2) is 6.34 Å². The third-order valence-electron chi connectivity index (χ3n) is 0.641. The molecule has 0 heterocycles. The molecule has 6 heteroatoms. The normalized spacial score (nSPS) is 8.18. The van der Waals surface area contributed by atoms with Crippen molar-refractivity contribution >= 4 is 12.3 Å². The van der Waals surface area contributed by atoms with Gasteiger partial charge in [0.1, 0.15) is 0 Å². The van der Waals surface area contributed by atoms with Crippen LogP contribution < -0.4 is 5.84 Å². The topological polar surface area (TPSA) is 101 Å². The van der Waals surface area contributed by atoms with Crippen molar-refractivity contribution in [1.29, 1.82) is 5.53 Å². The molecule has 0 unspecified atom stereocenters. The molecule has 0 aliphatic carbocycles. The quantitative estimate of drug-likeness (QED) is 0.153. The number of nitrogens with two attached hydrogens (primary N) is 1. The molecular formula is C5H12N4O2. The lowest BCUT2D eigenvalue weighted by Crippen LogP contribution is -1.94. The van der Waals surface area contributed by atoms with Crippen LogP contribution in [0.3, 0.4) is 0 Å². The predicted octanol–water partition coefficient (Wildman–Crippen LogP) is 0.489. The number of carbonyl (C=O) groups is 1. The zero-order valence-electron chi connectivity index (χ0n) is 6.57. The molecule has 0 saturated carbocycles. The molecule has 0 radical (unpaired) electrons. The highest BCUT2D eigenvalue weighted by Crippen LogP contribution is 1.76. The highest BCUT2D eigenvalue weighted by atomic mass is 16.5. The summed E-state index contributed by atoms with van der Waals surface area (Å²) in [5, 5.41) is 5.56. The third kappa shape index (κ3) is 17.7. The van der Waals surface area contributed by atoms with Crippen LogP contribution in [0.25, 0.3) is 0 Å². The van der Waals surface area contributed by atoms with E-state index in [1.54, 1.807) is 6.92 Å². The number of rotatable bonds is 2. The van der Waals surface area contributed by atoms with Gasteiger partial charge in [0.2, 0.25) is 0 Å². The summed E-state index contributed by atoms with van der Waals surface area (Å²) in [5.74, 6) is 4.34. The number of nitrogens with one attached hydrogen (secondary N) is 1. The Balaban J connectivity index is 0. The Morgan fingerprint density at radius 3 is 2.36 bits per heavy atom. The number of methoxy groups -OCH3 is 1. The Hall–Kier alpha value is -1.46. The summed E-state index contributed by atoms with van der Waals surface area (Å²) in [5.41, 5.74) is 6.00. The Labute approximate surface area is 64.9 Å². The molecule has 11 heavy (non-hydrogen) atoms. The second kappa shape index (κ2) is 11.4. The van der Waals surface area contributed by atoms with Crippen LogP contribution in [0.15, 0.2) is 10.2 Å². The Morgan fingerprint density at radius 2 is 2.36 bits per heavy atom. The highest BCUT2D eigenvalue weighted by molar-refractivity contribution is 5.68. The fourth-order valence-electron chi connectivity index (χ4n) is 0.178. The maximum Gasteiger partial charge on any atom is 0.305 e. The molecule has 0 aromatic heterocycles. The van der Waals surface area contributed by atoms with Crippen molar-refractivity contribution in [1.82, 2.24) is 0 Å². The number of carbonyl (C=O) groups excluding carboxylic acids is 1. The van der Waals surface area contributed by atoms with Crippen molar-refractivity contribution in [3.63, 3.8) is 0 Å². The van der Waals surface area contributed by atoms with E-state index in [1.807, 2.05) is 0 Å². The van der Waals surface area contributed by atoms with Crippen LogP contribution in [0.4, 0.5) is 0 Å². The maximum atomic E-state index is 9.96. The van der Waals surface area contributed by atoms with Crippen LogP contribution in [-0.4, -0.2) is 19.4 Å². The van der Waals surface area contributed by atoms with E-state index in [4.69, 9.17) is 5.53 Å². The maximum absolute atomic E-state index is 9.96. The molecule has 0 rings (SSSR count). The number of esters is 1. The SMILES string of the molecule is CCC(=O)OC.N=NC=NN. The molecule has 0 fully saturated rings. The van der Waals surface area contributed by atoms with Crippen LogP contribution in [0.5, 0.6) is 0 Å². The molecule has 6 nitrogen and oxygen atoms in total. The largest absolute Gasteiger partial charge is 0.469 e. The van der Waals surface area contributed by atoms with E-state index < -0.39 is 0 Å². The van der Waals surface area contributed by atoms with Crippen LogP contribution in [0.2, 0.25) is 0 Å². The Bertz CT molecular complexity index is 128. The van der Waals surface area contributed by atoms with Gasteiger partial charge in [-0.25, -0.2) is 5.53 Å². The van der Waals surface area contributed by atoms with E-state index in [1.165, 1.54) is 7.11 Å². The molecule has 0 aromatic carbocycles. The van der Waals surface area contributed by atoms with Crippen molar-refractivity contribution in [3.8, 4) is 0 Å². The summed E-state index contributed by atoms with van der Waals surface area (Å²) in [7, 11) is 1.38. The van der Waals surface area contributed by atoms with Gasteiger partial charge in [-0.05, 0) is 0 Å². The molecule has 0 atom stereocenters. The molecule has 0 bridgehead atoms. The molecular weight excluding hydrogens is 148 g/mol. The Morgan fingerprint density at radius 1 is 1.82 bits per heavy atom. The minimum atomic E-state index is -0.157. The number of hydrazone groups is 1. The van der Waals surface area contributed by atoms with Gasteiger partial charge in [-0.2, -0.15) is 5.10 Å². The number of hydrogen-bond donors (Lipinski definition) is 2. The fraction of sp³-hybridized carbons (Fsp3) is 0.600. The average molecular weight is 160 g/mol. The van der Waals surface area contributed by atoms with E-state index in [0.717, 1.165) is 6.34 Å². The summed E-state index contributed by atoms with van der Waals surface area (Å²) >= 11 is 0. The number of ether oxygens (including phenoxy) is 1. The second-order valence-corrected chi connectivity index (χ2v) is 1.32. The Kier molecular flexibility index (Phi) is 12.6. The van der Waals surface area contributed by atoms with E-state index in [-0.39, 0.29) is 5.97 Å². The van der Waals surface area contributed by atoms with Crippen molar-refractivity contribution in [2.45, 2.75) is 13.3 Å². The van der Waals surface area contributed by atoms with Crippen molar-refractivity contribution in [3.05, 3.63) is 0 Å². The monoisotopic (exact) mass is 160 g/mol. The lowest BCUT2D eigenvalue weighted by molar-refractivity contribution is -0.140. The predicted molar refractivity (Wildman–Crippen MR) is 40.1 cm³/mol. The van der Waals surface area contributed by atoms with Gasteiger partial charge in [-0.1, -0.05) is 6.92 Å². The van der Waals surface area contributed by atoms with Crippen LogP contribution >= 0.6 is 0 Å². The highest BCUT2D eigenvalue weighted by Gasteiger charge is 1.87. The fourth-order valence-corrected chi connectivity index (χ4v) is 0.178. The first-order valence-corrected chi connectivity index (χ1v) is 2.88. The summed E-state index contributed by atoms with van der Waals surface area (Å²) in [6.45, 7) is 1.76. The number of nitrogens with zero attached hydrogens (tertiary/aromatic N) is 2. The lowest BCUT2D eigenvalue weighted by atomic mass is 10.5. The zero-order valence-corrected chi connectivity index (χ0v) is 6.57. The van der Waals surface area contributed by atoms with Crippen LogP contribution in [-0.2, 0) is 9.53 Å². The van der Waals surface area contributed by atoms with E-state index >= 15 is 0 Å². The molecule has 0 aliphatic rings. The van der Waals surface area contributed by atoms with E-state index in [0.29, 0.717) is 6.42 Å². The third-order valence-corrected chi connectivity index (χ3v) is 0.641. The van der Waals surface area contributed by atoms with E-state index in [9.17, 15) is 4.79 Å². The molecule has 0 spiro atoms. The van der Waals surface area contributed by atoms with Crippen LogP contribution in [0.1, 0.15) is 13.3 Å². The second-order valence-electron chi connectivity index (χ2n) is 1.32. The van der Waals surface area contributed by atoms with Gasteiger partial charge in [-0.3, -0.25) is 4.79 Å². The van der Waals surface area contributed by atoms with Gasteiger partial charge in [-0.15, -0.1) is 5.11 Å².